The molecule has 0 amide bonds. The van der Waals surface area contributed by atoms with E-state index in [-0.39, 0.29) is 6.54 Å². The highest BCUT2D eigenvalue weighted by Crippen LogP contribution is 2.25. The fourth-order valence-electron chi connectivity index (χ4n) is 1.49. The van der Waals surface area contributed by atoms with Gasteiger partial charge in [-0.1, -0.05) is 5.11 Å². The number of ether oxygens (including phenoxy) is 2. The maximum atomic E-state index is 9.65. The van der Waals surface area contributed by atoms with E-state index in [9.17, 15) is 5.11 Å². The van der Waals surface area contributed by atoms with E-state index in [0.717, 1.165) is 0 Å². The summed E-state index contributed by atoms with van der Waals surface area (Å²) in [6, 6.07) is 0. The van der Waals surface area contributed by atoms with E-state index in [1.165, 1.54) is 0 Å². The summed E-state index contributed by atoms with van der Waals surface area (Å²) in [5.41, 5.74) is 15.0. The molecule has 0 aromatic rings. The Kier molecular flexibility index (Phi) is 4.44. The molecule has 2 unspecified atom stereocenters. The SMILES string of the molecule is CCOC1C(O)[C@H](N=N)O[C@@H]1CN=[N+]=[N-]. The van der Waals surface area contributed by atoms with Crippen LogP contribution in [0.4, 0.5) is 0 Å². The van der Waals surface area contributed by atoms with Gasteiger partial charge in [0.1, 0.15) is 12.2 Å². The predicted molar refractivity (Wildman–Crippen MR) is 49.2 cm³/mol. The van der Waals surface area contributed by atoms with Gasteiger partial charge in [0.25, 0.3) is 0 Å². The summed E-state index contributed by atoms with van der Waals surface area (Å²) >= 11 is 0. The Morgan fingerprint density at radius 3 is 2.93 bits per heavy atom. The first-order valence-corrected chi connectivity index (χ1v) is 4.57. The summed E-state index contributed by atoms with van der Waals surface area (Å²) in [7, 11) is 0. The molecule has 1 heterocycles. The molecule has 0 aliphatic carbocycles. The van der Waals surface area contributed by atoms with E-state index in [2.05, 4.69) is 15.1 Å². The second-order valence-electron chi connectivity index (χ2n) is 3.02. The summed E-state index contributed by atoms with van der Waals surface area (Å²) < 4.78 is 10.5. The molecule has 4 atom stereocenters. The number of rotatable bonds is 5. The van der Waals surface area contributed by atoms with E-state index < -0.39 is 24.5 Å². The minimum Gasteiger partial charge on any atom is -0.385 e. The van der Waals surface area contributed by atoms with Gasteiger partial charge in [0, 0.05) is 11.5 Å². The predicted octanol–water partition coefficient (Wildman–Crippen LogP) is 0.819. The molecule has 0 aromatic carbocycles. The number of azide groups is 1. The molecular weight excluding hydrogens is 202 g/mol. The molecule has 1 aliphatic rings. The summed E-state index contributed by atoms with van der Waals surface area (Å²) in [5.74, 6) is 0. The topological polar surface area (TPSA) is 124 Å². The molecule has 2 N–H and O–H groups in total. The average molecular weight is 215 g/mol. The first kappa shape index (κ1) is 11.9. The molecule has 0 aromatic heterocycles. The van der Waals surface area contributed by atoms with Crippen molar-refractivity contribution in [3.63, 3.8) is 0 Å². The summed E-state index contributed by atoms with van der Waals surface area (Å²) in [4.78, 5) is 2.60. The van der Waals surface area contributed by atoms with Gasteiger partial charge in [-0.15, -0.1) is 0 Å². The Balaban J connectivity index is 2.67. The monoisotopic (exact) mass is 215 g/mol. The zero-order chi connectivity index (χ0) is 11.3. The van der Waals surface area contributed by atoms with Crippen molar-refractivity contribution in [2.24, 2.45) is 10.2 Å². The molecule has 84 valence electrons. The van der Waals surface area contributed by atoms with E-state index in [4.69, 9.17) is 20.5 Å². The van der Waals surface area contributed by atoms with E-state index in [1.54, 1.807) is 6.92 Å². The largest absolute Gasteiger partial charge is 0.385 e. The van der Waals surface area contributed by atoms with Crippen molar-refractivity contribution < 1.29 is 14.6 Å². The van der Waals surface area contributed by atoms with Crippen LogP contribution in [0.1, 0.15) is 6.92 Å². The van der Waals surface area contributed by atoms with Crippen molar-refractivity contribution in [1.29, 1.82) is 5.53 Å². The molecule has 8 nitrogen and oxygen atoms in total. The highest BCUT2D eigenvalue weighted by atomic mass is 16.6. The molecule has 8 heteroatoms. The fraction of sp³-hybridized carbons (Fsp3) is 1.00. The lowest BCUT2D eigenvalue weighted by atomic mass is 10.1. The van der Waals surface area contributed by atoms with Gasteiger partial charge in [0.15, 0.2) is 6.23 Å². The highest BCUT2D eigenvalue weighted by molar-refractivity contribution is 4.91. The molecule has 0 saturated carbocycles. The lowest BCUT2D eigenvalue weighted by Gasteiger charge is -2.17. The Morgan fingerprint density at radius 1 is 1.67 bits per heavy atom. The maximum absolute atomic E-state index is 9.65. The Labute approximate surface area is 86.3 Å². The van der Waals surface area contributed by atoms with Gasteiger partial charge >= 0.3 is 0 Å². The van der Waals surface area contributed by atoms with Gasteiger partial charge in [-0.25, -0.2) is 5.53 Å². The second kappa shape index (κ2) is 5.62. The third-order valence-electron chi connectivity index (χ3n) is 2.12. The van der Waals surface area contributed by atoms with E-state index in [1.807, 2.05) is 0 Å². The van der Waals surface area contributed by atoms with Crippen molar-refractivity contribution in [3.8, 4) is 0 Å². The van der Waals surface area contributed by atoms with Crippen molar-refractivity contribution in [1.82, 2.24) is 0 Å². The molecule has 0 bridgehead atoms. The maximum Gasteiger partial charge on any atom is 0.197 e. The van der Waals surface area contributed by atoms with Gasteiger partial charge in [0.05, 0.1) is 12.6 Å². The number of hydrogen-bond donors (Lipinski definition) is 2. The Morgan fingerprint density at radius 2 is 2.40 bits per heavy atom. The number of nitrogens with zero attached hydrogens (tertiary/aromatic N) is 4. The molecule has 0 spiro atoms. The van der Waals surface area contributed by atoms with Gasteiger partial charge in [0.2, 0.25) is 0 Å². The first-order chi connectivity index (χ1) is 7.24. The number of aliphatic hydroxyl groups excluding tert-OH is 1. The standard InChI is InChI=1S/C7H13N5O3/c1-2-14-6-4(3-10-12-9)15-7(11-8)5(6)13/h4-8,13H,2-3H2,1H3/t4-,5?,6?,7-/m1/s1. The van der Waals surface area contributed by atoms with Crippen LogP contribution in [-0.4, -0.2) is 42.8 Å². The van der Waals surface area contributed by atoms with Gasteiger partial charge in [-0.2, -0.15) is 5.11 Å². The quantitative estimate of drug-likeness (QED) is 0.400. The molecule has 1 rings (SSSR count). The number of hydrogen-bond acceptors (Lipinski definition) is 6. The second-order valence-corrected chi connectivity index (χ2v) is 3.02. The van der Waals surface area contributed by atoms with Crippen LogP contribution in [-0.2, 0) is 9.47 Å². The minimum atomic E-state index is -0.985. The van der Waals surface area contributed by atoms with Crippen molar-refractivity contribution in [3.05, 3.63) is 10.4 Å². The smallest absolute Gasteiger partial charge is 0.197 e. The van der Waals surface area contributed by atoms with Crippen molar-refractivity contribution >= 4 is 0 Å². The first-order valence-electron chi connectivity index (χ1n) is 4.57. The number of aliphatic hydroxyl groups is 1. The lowest BCUT2D eigenvalue weighted by Crippen LogP contribution is -2.36. The van der Waals surface area contributed by atoms with Crippen molar-refractivity contribution in [2.45, 2.75) is 31.5 Å². The molecule has 1 aliphatic heterocycles. The lowest BCUT2D eigenvalue weighted by molar-refractivity contribution is -0.0291. The minimum absolute atomic E-state index is 0.0598. The zero-order valence-electron chi connectivity index (χ0n) is 8.28. The zero-order valence-corrected chi connectivity index (χ0v) is 8.28. The Bertz CT molecular complexity index is 267. The van der Waals surface area contributed by atoms with Gasteiger partial charge < -0.3 is 14.6 Å². The summed E-state index contributed by atoms with van der Waals surface area (Å²) in [5, 5.41) is 16.1. The van der Waals surface area contributed by atoms with Crippen LogP contribution in [0.3, 0.4) is 0 Å². The molecular formula is C7H13N5O3. The van der Waals surface area contributed by atoms with Crippen LogP contribution in [0.5, 0.6) is 0 Å². The summed E-state index contributed by atoms with van der Waals surface area (Å²) in [6.45, 7) is 2.25. The highest BCUT2D eigenvalue weighted by Gasteiger charge is 2.44. The molecule has 0 radical (unpaired) electrons. The van der Waals surface area contributed by atoms with E-state index in [0.29, 0.717) is 6.61 Å². The van der Waals surface area contributed by atoms with Crippen LogP contribution in [0.15, 0.2) is 10.2 Å². The van der Waals surface area contributed by atoms with Crippen LogP contribution in [0.25, 0.3) is 10.4 Å². The van der Waals surface area contributed by atoms with Gasteiger partial charge in [-0.3, -0.25) is 0 Å². The van der Waals surface area contributed by atoms with E-state index >= 15 is 0 Å². The van der Waals surface area contributed by atoms with Gasteiger partial charge in [-0.05, 0) is 12.5 Å². The van der Waals surface area contributed by atoms with Crippen LogP contribution < -0.4 is 0 Å². The molecule has 1 saturated heterocycles. The number of nitrogens with one attached hydrogen (secondary N) is 1. The van der Waals surface area contributed by atoms with Crippen LogP contribution in [0.2, 0.25) is 0 Å². The van der Waals surface area contributed by atoms with Crippen molar-refractivity contribution in [2.75, 3.05) is 13.2 Å². The van der Waals surface area contributed by atoms with Crippen LogP contribution >= 0.6 is 0 Å². The third kappa shape index (κ3) is 2.63. The van der Waals surface area contributed by atoms with Crippen LogP contribution in [0, 0.1) is 5.53 Å². The average Bonchev–Trinajstić information content (AvgIpc) is 2.54. The Hall–Kier alpha value is -1.21. The molecule has 15 heavy (non-hydrogen) atoms. The molecule has 1 fully saturated rings. The summed E-state index contributed by atoms with van der Waals surface area (Å²) in [6.07, 6.45) is -3.06. The fourth-order valence-corrected chi connectivity index (χ4v) is 1.49. The normalized spacial score (nSPS) is 34.8. The third-order valence-corrected chi connectivity index (χ3v) is 2.12.